The Balaban J connectivity index is 1.69. The topological polar surface area (TPSA) is 17.0 Å². The van der Waals surface area contributed by atoms with Crippen LogP contribution in [0.2, 0.25) is 0 Å². The summed E-state index contributed by atoms with van der Waals surface area (Å²) >= 11 is 0. The van der Waals surface area contributed by atoms with Crippen LogP contribution in [0.4, 0.5) is 5.69 Å². The molecule has 0 atom stereocenters. The van der Waals surface area contributed by atoms with E-state index < -0.39 is 0 Å². The van der Waals surface area contributed by atoms with Gasteiger partial charge in [0.1, 0.15) is 0 Å². The van der Waals surface area contributed by atoms with Gasteiger partial charge in [-0.2, -0.15) is 0 Å². The Morgan fingerprint density at radius 3 is 2.40 bits per heavy atom. The first-order chi connectivity index (χ1) is 12.2. The standard InChI is InChI=1S/C23H24N2/c1-4-25-22-8-6-5-7-20(22)21-14-18(10-12-23(21)25)15-24-19-11-9-16(2)17(3)13-19/h5-14,24H,4,15H2,1-3H3. The minimum atomic E-state index is 0.837. The normalized spacial score (nSPS) is 11.3. The van der Waals surface area contributed by atoms with Crippen molar-refractivity contribution in [2.45, 2.75) is 33.9 Å². The molecule has 0 saturated carbocycles. The highest BCUT2D eigenvalue weighted by atomic mass is 15.0. The number of fused-ring (bicyclic) bond motifs is 3. The summed E-state index contributed by atoms with van der Waals surface area (Å²) < 4.78 is 2.39. The van der Waals surface area contributed by atoms with Crippen molar-refractivity contribution in [1.29, 1.82) is 0 Å². The van der Waals surface area contributed by atoms with Crippen molar-refractivity contribution in [3.8, 4) is 0 Å². The van der Waals surface area contributed by atoms with E-state index in [-0.39, 0.29) is 0 Å². The summed E-state index contributed by atoms with van der Waals surface area (Å²) in [6.45, 7) is 8.35. The molecule has 0 aliphatic rings. The molecular formula is C23H24N2. The van der Waals surface area contributed by atoms with E-state index in [1.807, 2.05) is 0 Å². The molecule has 2 heteroatoms. The molecule has 0 aliphatic carbocycles. The van der Waals surface area contributed by atoms with E-state index in [0.717, 1.165) is 13.1 Å². The molecule has 0 radical (unpaired) electrons. The molecule has 4 aromatic rings. The van der Waals surface area contributed by atoms with Crippen molar-refractivity contribution < 1.29 is 0 Å². The minimum Gasteiger partial charge on any atom is -0.381 e. The number of hydrogen-bond acceptors (Lipinski definition) is 1. The third-order valence-electron chi connectivity index (χ3n) is 5.16. The summed E-state index contributed by atoms with van der Waals surface area (Å²) in [5.41, 5.74) is 7.78. The molecule has 0 fully saturated rings. The van der Waals surface area contributed by atoms with Crippen molar-refractivity contribution in [2.24, 2.45) is 0 Å². The fourth-order valence-corrected chi connectivity index (χ4v) is 3.61. The number of benzene rings is 3. The molecule has 0 saturated heterocycles. The van der Waals surface area contributed by atoms with Crippen molar-refractivity contribution in [1.82, 2.24) is 4.57 Å². The first-order valence-corrected chi connectivity index (χ1v) is 8.98. The van der Waals surface area contributed by atoms with Gasteiger partial charge in [0.2, 0.25) is 0 Å². The molecule has 1 aromatic heterocycles. The van der Waals surface area contributed by atoms with Crippen LogP contribution in [-0.2, 0) is 13.1 Å². The van der Waals surface area contributed by atoms with Gasteiger partial charge in [0.15, 0.2) is 0 Å². The lowest BCUT2D eigenvalue weighted by Crippen LogP contribution is -2.00. The number of hydrogen-bond donors (Lipinski definition) is 1. The van der Waals surface area contributed by atoms with Crippen LogP contribution in [0.1, 0.15) is 23.6 Å². The van der Waals surface area contributed by atoms with E-state index in [1.165, 1.54) is 44.2 Å². The van der Waals surface area contributed by atoms with Crippen molar-refractivity contribution in [3.63, 3.8) is 0 Å². The fraction of sp³-hybridized carbons (Fsp3) is 0.217. The van der Waals surface area contributed by atoms with Crippen LogP contribution in [0.5, 0.6) is 0 Å². The lowest BCUT2D eigenvalue weighted by molar-refractivity contribution is 0.827. The lowest BCUT2D eigenvalue weighted by atomic mass is 10.1. The first kappa shape index (κ1) is 15.8. The largest absolute Gasteiger partial charge is 0.381 e. The van der Waals surface area contributed by atoms with Gasteiger partial charge in [-0.05, 0) is 67.8 Å². The molecule has 3 aromatic carbocycles. The van der Waals surface area contributed by atoms with E-state index in [0.29, 0.717) is 0 Å². The molecule has 0 amide bonds. The maximum atomic E-state index is 3.56. The van der Waals surface area contributed by atoms with Gasteiger partial charge in [0, 0.05) is 40.6 Å². The molecule has 0 spiro atoms. The Morgan fingerprint density at radius 1 is 0.800 bits per heavy atom. The third kappa shape index (κ3) is 2.78. The van der Waals surface area contributed by atoms with Crippen molar-refractivity contribution in [2.75, 3.05) is 5.32 Å². The summed E-state index contributed by atoms with van der Waals surface area (Å²) in [6, 6.07) is 22.1. The van der Waals surface area contributed by atoms with E-state index in [2.05, 4.69) is 91.3 Å². The number of para-hydroxylation sites is 1. The van der Waals surface area contributed by atoms with Crippen LogP contribution in [-0.4, -0.2) is 4.57 Å². The second-order valence-corrected chi connectivity index (χ2v) is 6.77. The van der Waals surface area contributed by atoms with Crippen LogP contribution >= 0.6 is 0 Å². The Labute approximate surface area is 149 Å². The van der Waals surface area contributed by atoms with E-state index >= 15 is 0 Å². The van der Waals surface area contributed by atoms with Gasteiger partial charge in [-0.3, -0.25) is 0 Å². The van der Waals surface area contributed by atoms with Crippen LogP contribution in [0.25, 0.3) is 21.8 Å². The maximum Gasteiger partial charge on any atom is 0.0491 e. The van der Waals surface area contributed by atoms with E-state index in [9.17, 15) is 0 Å². The Morgan fingerprint density at radius 2 is 1.60 bits per heavy atom. The average molecular weight is 328 g/mol. The predicted octanol–water partition coefficient (Wildman–Crippen LogP) is 6.04. The summed E-state index contributed by atoms with van der Waals surface area (Å²) in [5.74, 6) is 0. The van der Waals surface area contributed by atoms with Gasteiger partial charge < -0.3 is 9.88 Å². The maximum absolute atomic E-state index is 3.56. The Hall–Kier alpha value is -2.74. The third-order valence-corrected chi connectivity index (χ3v) is 5.16. The molecule has 0 aliphatic heterocycles. The zero-order chi connectivity index (χ0) is 17.4. The number of rotatable bonds is 4. The fourth-order valence-electron chi connectivity index (χ4n) is 3.61. The van der Waals surface area contributed by atoms with Gasteiger partial charge in [0.25, 0.3) is 0 Å². The van der Waals surface area contributed by atoms with Gasteiger partial charge in [-0.1, -0.05) is 30.3 Å². The van der Waals surface area contributed by atoms with Crippen LogP contribution in [0.3, 0.4) is 0 Å². The molecule has 1 N–H and O–H groups in total. The number of nitrogens with one attached hydrogen (secondary N) is 1. The zero-order valence-electron chi connectivity index (χ0n) is 15.1. The molecule has 0 unspecified atom stereocenters. The second-order valence-electron chi connectivity index (χ2n) is 6.77. The summed E-state index contributed by atoms with van der Waals surface area (Å²) in [6.07, 6.45) is 0. The van der Waals surface area contributed by atoms with Crippen molar-refractivity contribution >= 4 is 27.5 Å². The molecule has 126 valence electrons. The van der Waals surface area contributed by atoms with Gasteiger partial charge in [-0.15, -0.1) is 0 Å². The average Bonchev–Trinajstić information content (AvgIpc) is 2.96. The molecule has 1 heterocycles. The Kier molecular flexibility index (Phi) is 3.96. The van der Waals surface area contributed by atoms with Gasteiger partial charge in [-0.25, -0.2) is 0 Å². The van der Waals surface area contributed by atoms with Crippen LogP contribution in [0, 0.1) is 13.8 Å². The molecule has 2 nitrogen and oxygen atoms in total. The number of anilines is 1. The summed E-state index contributed by atoms with van der Waals surface area (Å²) in [5, 5.41) is 6.24. The van der Waals surface area contributed by atoms with Crippen molar-refractivity contribution in [3.05, 3.63) is 77.4 Å². The zero-order valence-corrected chi connectivity index (χ0v) is 15.1. The lowest BCUT2D eigenvalue weighted by Gasteiger charge is -2.09. The first-order valence-electron chi connectivity index (χ1n) is 8.98. The van der Waals surface area contributed by atoms with Gasteiger partial charge in [0.05, 0.1) is 0 Å². The molecule has 25 heavy (non-hydrogen) atoms. The summed E-state index contributed by atoms with van der Waals surface area (Å²) in [4.78, 5) is 0. The highest BCUT2D eigenvalue weighted by molar-refractivity contribution is 6.08. The predicted molar refractivity (Wildman–Crippen MR) is 108 cm³/mol. The highest BCUT2D eigenvalue weighted by Gasteiger charge is 2.09. The van der Waals surface area contributed by atoms with Crippen LogP contribution in [0.15, 0.2) is 60.7 Å². The highest BCUT2D eigenvalue weighted by Crippen LogP contribution is 2.30. The number of aromatic nitrogens is 1. The summed E-state index contributed by atoms with van der Waals surface area (Å²) in [7, 11) is 0. The van der Waals surface area contributed by atoms with E-state index in [1.54, 1.807) is 0 Å². The molecule has 0 bridgehead atoms. The number of nitrogens with zero attached hydrogens (tertiary/aromatic N) is 1. The number of aryl methyl sites for hydroxylation is 3. The monoisotopic (exact) mass is 328 g/mol. The Bertz CT molecular complexity index is 1060. The van der Waals surface area contributed by atoms with Crippen LogP contribution < -0.4 is 5.32 Å². The minimum absolute atomic E-state index is 0.837. The molecular weight excluding hydrogens is 304 g/mol. The quantitative estimate of drug-likeness (QED) is 0.483. The molecule has 4 rings (SSSR count). The SMILES string of the molecule is CCn1c2ccccc2c2cc(CNc3ccc(C)c(C)c3)ccc21. The second kappa shape index (κ2) is 6.29. The van der Waals surface area contributed by atoms with Gasteiger partial charge >= 0.3 is 0 Å². The van der Waals surface area contributed by atoms with E-state index in [4.69, 9.17) is 0 Å². The smallest absolute Gasteiger partial charge is 0.0491 e.